The lowest BCUT2D eigenvalue weighted by Gasteiger charge is -2.16. The van der Waals surface area contributed by atoms with E-state index in [0.29, 0.717) is 19.6 Å². The van der Waals surface area contributed by atoms with Crippen molar-refractivity contribution in [2.45, 2.75) is 65.4 Å². The zero-order valence-electron chi connectivity index (χ0n) is 20.2. The first-order valence-electron chi connectivity index (χ1n) is 11.3. The third-order valence-corrected chi connectivity index (χ3v) is 4.62. The molecule has 0 fully saturated rings. The maximum Gasteiger partial charge on any atom is 0.405 e. The molecule has 0 saturated heterocycles. The molecule has 0 atom stereocenters. The predicted octanol–water partition coefficient (Wildman–Crippen LogP) is 4.93. The molecule has 0 aliphatic rings. The lowest BCUT2D eigenvalue weighted by Crippen LogP contribution is -2.27. The quantitative estimate of drug-likeness (QED) is 0.434. The van der Waals surface area contributed by atoms with Crippen LogP contribution in [-0.4, -0.2) is 35.9 Å². The second kappa shape index (κ2) is 14.2. The van der Waals surface area contributed by atoms with Gasteiger partial charge in [0.15, 0.2) is 0 Å². The van der Waals surface area contributed by atoms with Gasteiger partial charge in [0, 0.05) is 6.42 Å². The average Bonchev–Trinajstić information content (AvgIpc) is 2.74. The van der Waals surface area contributed by atoms with E-state index in [9.17, 15) is 9.59 Å². The summed E-state index contributed by atoms with van der Waals surface area (Å²) in [6.45, 7) is 8.81. The van der Waals surface area contributed by atoms with E-state index in [1.807, 2.05) is 18.2 Å². The molecule has 7 nitrogen and oxygen atoms in total. The number of carboxylic acid groups (broad SMARTS) is 1. The van der Waals surface area contributed by atoms with Gasteiger partial charge in [0.25, 0.3) is 0 Å². The number of amides is 1. The van der Waals surface area contributed by atoms with Crippen LogP contribution in [-0.2, 0) is 22.4 Å². The van der Waals surface area contributed by atoms with E-state index in [1.165, 1.54) is 11.1 Å². The second-order valence-corrected chi connectivity index (χ2v) is 8.64. The number of aryl methyl sites for hydroxylation is 2. The van der Waals surface area contributed by atoms with E-state index in [4.69, 9.17) is 21.3 Å². The Bertz CT molecular complexity index is 873. The first kappa shape index (κ1) is 28.0. The van der Waals surface area contributed by atoms with Crippen molar-refractivity contribution in [1.82, 2.24) is 0 Å². The molecule has 33 heavy (non-hydrogen) atoms. The van der Waals surface area contributed by atoms with Crippen molar-refractivity contribution in [3.63, 3.8) is 0 Å². The smallest absolute Gasteiger partial charge is 0.405 e. The van der Waals surface area contributed by atoms with Crippen LogP contribution in [0.4, 0.5) is 4.79 Å². The summed E-state index contributed by atoms with van der Waals surface area (Å²) in [4.78, 5) is 20.7. The van der Waals surface area contributed by atoms with Crippen LogP contribution in [0.5, 0.6) is 5.75 Å². The van der Waals surface area contributed by atoms with Gasteiger partial charge < -0.3 is 26.0 Å². The van der Waals surface area contributed by atoms with Gasteiger partial charge in [-0.1, -0.05) is 37.3 Å². The number of aliphatic carboxylic acids is 1. The van der Waals surface area contributed by atoms with Crippen molar-refractivity contribution < 1.29 is 24.2 Å². The predicted molar refractivity (Wildman–Crippen MR) is 131 cm³/mol. The van der Waals surface area contributed by atoms with Crippen LogP contribution in [0.15, 0.2) is 42.5 Å². The molecule has 2 aromatic carbocycles. The molecular formula is C26H38N2O5. The van der Waals surface area contributed by atoms with Crippen molar-refractivity contribution in [2.24, 2.45) is 11.5 Å². The van der Waals surface area contributed by atoms with Crippen LogP contribution < -0.4 is 16.2 Å². The van der Waals surface area contributed by atoms with Crippen molar-refractivity contribution in [3.8, 4) is 16.9 Å². The van der Waals surface area contributed by atoms with Crippen molar-refractivity contribution in [1.29, 1.82) is 0 Å². The van der Waals surface area contributed by atoms with Gasteiger partial charge in [-0.15, -0.1) is 0 Å². The van der Waals surface area contributed by atoms with Crippen LogP contribution in [0.25, 0.3) is 11.1 Å². The number of benzene rings is 2. The van der Waals surface area contributed by atoms with Gasteiger partial charge in [-0.25, -0.2) is 4.79 Å². The summed E-state index contributed by atoms with van der Waals surface area (Å²) >= 11 is 0. The molecule has 0 unspecified atom stereocenters. The summed E-state index contributed by atoms with van der Waals surface area (Å²) in [7, 11) is 0. The number of carbonyl (C=O) groups is 2. The van der Waals surface area contributed by atoms with Gasteiger partial charge in [-0.2, -0.15) is 0 Å². The number of carbonyl (C=O) groups excluding carboxylic acids is 1. The van der Waals surface area contributed by atoms with Crippen LogP contribution >= 0.6 is 0 Å². The van der Waals surface area contributed by atoms with Crippen molar-refractivity contribution in [3.05, 3.63) is 53.6 Å². The number of ether oxygens (including phenoxy) is 2. The molecule has 7 heteroatoms. The Morgan fingerprint density at radius 1 is 1.03 bits per heavy atom. The standard InChI is InChI=1S/C21H27NO3.C5H11NO2/c1-2-17-15-19(25-14-4-3-13-22)10-11-20(17)18-8-5-16(6-9-18)7-12-21(23)24;1-5(2,3)8-4(6)7/h5-6,8-11,15H,2-4,7,12-14,22H2,1H3,(H,23,24);1-3H3,(H2,6,7). The van der Waals surface area contributed by atoms with Crippen LogP contribution in [0.2, 0.25) is 0 Å². The lowest BCUT2D eigenvalue weighted by atomic mass is 9.96. The highest BCUT2D eigenvalue weighted by molar-refractivity contribution is 5.69. The molecule has 1 amide bonds. The van der Waals surface area contributed by atoms with Crippen molar-refractivity contribution in [2.75, 3.05) is 13.2 Å². The molecule has 0 aromatic heterocycles. The van der Waals surface area contributed by atoms with Gasteiger partial charge >= 0.3 is 12.1 Å². The lowest BCUT2D eigenvalue weighted by molar-refractivity contribution is -0.136. The number of unbranched alkanes of at least 4 members (excludes halogenated alkanes) is 1. The molecule has 0 bridgehead atoms. The SMILES string of the molecule is CC(C)(C)OC(N)=O.CCc1cc(OCCCCN)ccc1-c1ccc(CCC(=O)O)cc1. The zero-order chi connectivity index (χ0) is 24.9. The fourth-order valence-electron chi connectivity index (χ4n) is 3.07. The van der Waals surface area contributed by atoms with E-state index in [0.717, 1.165) is 36.1 Å². The first-order valence-corrected chi connectivity index (χ1v) is 11.3. The minimum Gasteiger partial charge on any atom is -0.494 e. The normalized spacial score (nSPS) is 10.7. The number of carboxylic acids is 1. The number of nitrogens with two attached hydrogens (primary N) is 2. The Hall–Kier alpha value is -3.06. The number of primary amides is 1. The fraction of sp³-hybridized carbons (Fsp3) is 0.462. The third kappa shape index (κ3) is 11.9. The van der Waals surface area contributed by atoms with Crippen LogP contribution in [0, 0.1) is 0 Å². The molecule has 2 rings (SSSR count). The third-order valence-electron chi connectivity index (χ3n) is 4.62. The summed E-state index contributed by atoms with van der Waals surface area (Å²) in [5, 5.41) is 8.78. The summed E-state index contributed by atoms with van der Waals surface area (Å²) in [6.07, 6.45) is 2.87. The Morgan fingerprint density at radius 2 is 1.70 bits per heavy atom. The van der Waals surface area contributed by atoms with E-state index in [-0.39, 0.29) is 6.42 Å². The van der Waals surface area contributed by atoms with Gasteiger partial charge in [-0.05, 0) is 87.4 Å². The van der Waals surface area contributed by atoms with Crippen LogP contribution in [0.1, 0.15) is 58.1 Å². The Labute approximate surface area is 197 Å². The minimum absolute atomic E-state index is 0.162. The summed E-state index contributed by atoms with van der Waals surface area (Å²) in [5.74, 6) is 0.134. The Balaban J connectivity index is 0.000000582. The number of hydrogen-bond donors (Lipinski definition) is 3. The van der Waals surface area contributed by atoms with Crippen molar-refractivity contribution >= 4 is 12.1 Å². The highest BCUT2D eigenvalue weighted by Gasteiger charge is 2.12. The number of rotatable bonds is 10. The second-order valence-electron chi connectivity index (χ2n) is 8.64. The molecule has 0 radical (unpaired) electrons. The molecule has 5 N–H and O–H groups in total. The summed E-state index contributed by atoms with van der Waals surface area (Å²) < 4.78 is 10.4. The van der Waals surface area contributed by atoms with E-state index in [1.54, 1.807) is 20.8 Å². The molecule has 0 aliphatic heterocycles. The molecule has 0 spiro atoms. The fourth-order valence-corrected chi connectivity index (χ4v) is 3.07. The molecule has 0 saturated carbocycles. The number of hydrogen-bond acceptors (Lipinski definition) is 5. The minimum atomic E-state index is -0.764. The van der Waals surface area contributed by atoms with Gasteiger partial charge in [-0.3, -0.25) is 4.79 Å². The Morgan fingerprint density at radius 3 is 2.18 bits per heavy atom. The van der Waals surface area contributed by atoms with Gasteiger partial charge in [0.2, 0.25) is 0 Å². The Kier molecular flexibility index (Phi) is 12.0. The molecule has 182 valence electrons. The van der Waals surface area contributed by atoms with E-state index >= 15 is 0 Å². The topological polar surface area (TPSA) is 125 Å². The van der Waals surface area contributed by atoms with E-state index < -0.39 is 17.7 Å². The maximum atomic E-state index is 10.7. The monoisotopic (exact) mass is 458 g/mol. The highest BCUT2D eigenvalue weighted by atomic mass is 16.6. The van der Waals surface area contributed by atoms with Gasteiger partial charge in [0.1, 0.15) is 11.4 Å². The molecule has 0 aliphatic carbocycles. The largest absolute Gasteiger partial charge is 0.494 e. The summed E-state index contributed by atoms with van der Waals surface area (Å²) in [5.41, 5.74) is 14.4. The zero-order valence-corrected chi connectivity index (χ0v) is 20.2. The maximum absolute atomic E-state index is 10.7. The average molecular weight is 459 g/mol. The highest BCUT2D eigenvalue weighted by Crippen LogP contribution is 2.28. The van der Waals surface area contributed by atoms with Crippen LogP contribution in [0.3, 0.4) is 0 Å². The first-order chi connectivity index (χ1) is 15.6. The molecule has 0 heterocycles. The van der Waals surface area contributed by atoms with E-state index in [2.05, 4.69) is 35.9 Å². The summed E-state index contributed by atoms with van der Waals surface area (Å²) in [6, 6.07) is 14.4. The molecule has 2 aromatic rings. The molecular weight excluding hydrogens is 420 g/mol. The van der Waals surface area contributed by atoms with Gasteiger partial charge in [0.05, 0.1) is 6.61 Å².